The molecule has 1 unspecified atom stereocenters. The number of amides is 6. The molecular weight excluding hydrogens is 676 g/mol. The molecule has 0 bridgehead atoms. The third-order valence-electron chi connectivity index (χ3n) is 8.77. The van der Waals surface area contributed by atoms with Gasteiger partial charge >= 0.3 is 12.1 Å². The summed E-state index contributed by atoms with van der Waals surface area (Å²) in [4.78, 5) is 104. The number of Topliss-reactive ketones (excluding diaryl/α,β-unsaturated/α-hetero) is 1. The zero-order valence-electron chi connectivity index (χ0n) is 31.5. The van der Waals surface area contributed by atoms with Gasteiger partial charge in [0.1, 0.15) is 30.3 Å². The molecule has 2 fully saturated rings. The standard InChI is InChI=1S/C36H60N6O10/c1-6-14-24(30(45)34(49)38-22-28(44)51-21-7-2)39-31(46)25-17-11-12-20-37-27(43)19-13-18-26(41-35(50)52-36(3,4)5)32(47)42-29(33(48)40-25)23-15-9-8-10-16-23/h23-26,29H,6-22H2,1-5H3,(H,37,43)(H,38,49)(H,39,46)(H,40,48)(H,41,50)(H,42,47)/t24?,25-,26-,29-/m0/s1. The van der Waals surface area contributed by atoms with Crippen molar-refractivity contribution in [2.24, 2.45) is 5.92 Å². The molecule has 16 heteroatoms. The SMILES string of the molecule is CCCOC(=O)CNC(=O)C(=O)C(CCC)NC(=O)[C@@H]1CCCCNC(=O)CCC[C@H](NC(=O)OC(C)(C)C)C(=O)N[C@@H](C2CCCCC2)C(=O)N1. The van der Waals surface area contributed by atoms with Gasteiger partial charge in [0.15, 0.2) is 0 Å². The van der Waals surface area contributed by atoms with E-state index < -0.39 is 77.8 Å². The molecule has 4 atom stereocenters. The molecule has 0 radical (unpaired) electrons. The van der Waals surface area contributed by atoms with Crippen LogP contribution in [0.1, 0.15) is 125 Å². The first-order valence-electron chi connectivity index (χ1n) is 18.8. The van der Waals surface area contributed by atoms with Crippen LogP contribution in [0.25, 0.3) is 0 Å². The first kappa shape index (κ1) is 43.9. The predicted octanol–water partition coefficient (Wildman–Crippen LogP) is 1.82. The molecule has 6 amide bonds. The van der Waals surface area contributed by atoms with Crippen LogP contribution in [0.3, 0.4) is 0 Å². The zero-order valence-corrected chi connectivity index (χ0v) is 31.5. The summed E-state index contributed by atoms with van der Waals surface area (Å²) in [5.74, 6) is -5.08. The molecule has 1 aliphatic heterocycles. The Kier molecular flexibility index (Phi) is 19.1. The molecule has 294 valence electrons. The van der Waals surface area contributed by atoms with E-state index in [2.05, 4.69) is 31.9 Å². The van der Waals surface area contributed by atoms with Crippen molar-refractivity contribution in [1.29, 1.82) is 0 Å². The number of carbonyl (C=O) groups excluding carboxylic acids is 8. The fourth-order valence-corrected chi connectivity index (χ4v) is 6.12. The maximum atomic E-state index is 14.1. The number of ketones is 1. The highest BCUT2D eigenvalue weighted by Gasteiger charge is 2.36. The number of carbonyl (C=O) groups is 8. The quantitative estimate of drug-likeness (QED) is 0.126. The number of nitrogens with one attached hydrogen (secondary N) is 6. The summed E-state index contributed by atoms with van der Waals surface area (Å²) in [6.07, 6.45) is 5.91. The normalized spacial score (nSPS) is 22.0. The van der Waals surface area contributed by atoms with E-state index in [4.69, 9.17) is 9.47 Å². The molecule has 52 heavy (non-hydrogen) atoms. The first-order valence-corrected chi connectivity index (χ1v) is 18.8. The monoisotopic (exact) mass is 736 g/mol. The summed E-state index contributed by atoms with van der Waals surface area (Å²) in [6, 6.07) is -4.51. The van der Waals surface area contributed by atoms with Crippen LogP contribution in [0.4, 0.5) is 4.79 Å². The average molecular weight is 737 g/mol. The number of esters is 1. The molecule has 0 aromatic carbocycles. The number of alkyl carbamates (subject to hydrolysis) is 1. The first-order chi connectivity index (χ1) is 24.6. The van der Waals surface area contributed by atoms with E-state index in [1.54, 1.807) is 27.7 Å². The van der Waals surface area contributed by atoms with Crippen molar-refractivity contribution < 1.29 is 47.8 Å². The minimum Gasteiger partial charge on any atom is -0.464 e. The van der Waals surface area contributed by atoms with Gasteiger partial charge < -0.3 is 41.4 Å². The number of ether oxygens (including phenoxy) is 2. The highest BCUT2D eigenvalue weighted by molar-refractivity contribution is 6.38. The van der Waals surface area contributed by atoms with E-state index in [1.165, 1.54) is 0 Å². The van der Waals surface area contributed by atoms with Gasteiger partial charge in [-0.05, 0) is 84.5 Å². The van der Waals surface area contributed by atoms with Gasteiger partial charge in [-0.3, -0.25) is 33.6 Å². The van der Waals surface area contributed by atoms with Crippen LogP contribution in [-0.4, -0.2) is 96.8 Å². The lowest BCUT2D eigenvalue weighted by molar-refractivity contribution is -0.146. The van der Waals surface area contributed by atoms with Crippen LogP contribution in [0.2, 0.25) is 0 Å². The summed E-state index contributed by atoms with van der Waals surface area (Å²) >= 11 is 0. The Balaban J connectivity index is 2.33. The topological polar surface area (TPSA) is 227 Å². The van der Waals surface area contributed by atoms with Crippen LogP contribution < -0.4 is 31.9 Å². The van der Waals surface area contributed by atoms with Crippen molar-refractivity contribution in [2.45, 2.75) is 154 Å². The average Bonchev–Trinajstić information content (AvgIpc) is 3.09. The second-order valence-electron chi connectivity index (χ2n) is 14.5. The summed E-state index contributed by atoms with van der Waals surface area (Å²) in [5.41, 5.74) is -0.828. The van der Waals surface area contributed by atoms with Gasteiger partial charge in [-0.15, -0.1) is 0 Å². The van der Waals surface area contributed by atoms with Gasteiger partial charge in [0, 0.05) is 13.0 Å². The molecule has 1 aliphatic carbocycles. The fraction of sp³-hybridized carbons (Fsp3) is 0.778. The molecule has 0 aromatic rings. The van der Waals surface area contributed by atoms with Crippen molar-refractivity contribution in [3.05, 3.63) is 0 Å². The summed E-state index contributed by atoms with van der Waals surface area (Å²) < 4.78 is 10.3. The van der Waals surface area contributed by atoms with E-state index in [1.807, 2.05) is 6.92 Å². The van der Waals surface area contributed by atoms with Crippen molar-refractivity contribution in [2.75, 3.05) is 19.7 Å². The van der Waals surface area contributed by atoms with Gasteiger partial charge in [-0.25, -0.2) is 4.79 Å². The zero-order chi connectivity index (χ0) is 38.7. The molecule has 2 rings (SSSR count). The summed E-state index contributed by atoms with van der Waals surface area (Å²) in [6.45, 7) is 8.63. The maximum Gasteiger partial charge on any atom is 0.408 e. The third-order valence-corrected chi connectivity index (χ3v) is 8.77. The van der Waals surface area contributed by atoms with Crippen molar-refractivity contribution in [3.63, 3.8) is 0 Å². The minimum absolute atomic E-state index is 0.109. The molecule has 6 N–H and O–H groups in total. The van der Waals surface area contributed by atoms with Crippen molar-refractivity contribution in [1.82, 2.24) is 31.9 Å². The molecule has 16 nitrogen and oxygen atoms in total. The number of hydrogen-bond donors (Lipinski definition) is 6. The Morgan fingerprint density at radius 3 is 2.19 bits per heavy atom. The summed E-state index contributed by atoms with van der Waals surface area (Å²) in [5, 5.41) is 15.9. The highest BCUT2D eigenvalue weighted by atomic mass is 16.6. The third kappa shape index (κ3) is 16.4. The van der Waals surface area contributed by atoms with Crippen LogP contribution in [0.5, 0.6) is 0 Å². The van der Waals surface area contributed by atoms with Crippen LogP contribution in [0.15, 0.2) is 0 Å². The van der Waals surface area contributed by atoms with Crippen molar-refractivity contribution in [3.8, 4) is 0 Å². The van der Waals surface area contributed by atoms with Gasteiger partial charge in [0.25, 0.3) is 5.91 Å². The Labute approximate surface area is 306 Å². The van der Waals surface area contributed by atoms with Gasteiger partial charge in [-0.1, -0.05) is 39.5 Å². The smallest absolute Gasteiger partial charge is 0.408 e. The molecular formula is C36H60N6O10. The molecule has 1 saturated carbocycles. The van der Waals surface area contributed by atoms with Crippen molar-refractivity contribution >= 4 is 47.4 Å². The largest absolute Gasteiger partial charge is 0.464 e. The highest BCUT2D eigenvalue weighted by Crippen LogP contribution is 2.27. The van der Waals surface area contributed by atoms with E-state index >= 15 is 0 Å². The Morgan fingerprint density at radius 1 is 0.846 bits per heavy atom. The van der Waals surface area contributed by atoms with Gasteiger partial charge in [0.2, 0.25) is 29.4 Å². The molecule has 0 aromatic heterocycles. The molecule has 1 heterocycles. The van der Waals surface area contributed by atoms with Gasteiger partial charge in [-0.2, -0.15) is 0 Å². The van der Waals surface area contributed by atoms with Crippen LogP contribution >= 0.6 is 0 Å². The lowest BCUT2D eigenvalue weighted by atomic mass is 9.83. The van der Waals surface area contributed by atoms with E-state index in [9.17, 15) is 38.4 Å². The Bertz CT molecular complexity index is 1250. The van der Waals surface area contributed by atoms with E-state index in [0.29, 0.717) is 51.5 Å². The minimum atomic E-state index is -1.23. The lowest BCUT2D eigenvalue weighted by Gasteiger charge is -2.33. The second kappa shape index (κ2) is 22.6. The van der Waals surface area contributed by atoms with Crippen LogP contribution in [-0.2, 0) is 43.0 Å². The Morgan fingerprint density at radius 2 is 1.54 bits per heavy atom. The Hall–Kier alpha value is -4.24. The number of rotatable bonds is 12. The fourth-order valence-electron chi connectivity index (χ4n) is 6.12. The van der Waals surface area contributed by atoms with Gasteiger partial charge in [0.05, 0.1) is 12.6 Å². The lowest BCUT2D eigenvalue weighted by Crippen LogP contribution is -2.60. The second-order valence-corrected chi connectivity index (χ2v) is 14.5. The van der Waals surface area contributed by atoms with Crippen LogP contribution in [0, 0.1) is 5.92 Å². The van der Waals surface area contributed by atoms with E-state index in [-0.39, 0.29) is 44.1 Å². The molecule has 1 saturated heterocycles. The molecule has 0 spiro atoms. The summed E-state index contributed by atoms with van der Waals surface area (Å²) in [7, 11) is 0. The molecule has 2 aliphatic rings. The van der Waals surface area contributed by atoms with E-state index in [0.717, 1.165) is 19.3 Å². The predicted molar refractivity (Wildman–Crippen MR) is 190 cm³/mol. The number of hydrogen-bond acceptors (Lipinski definition) is 10. The maximum absolute atomic E-state index is 14.1.